The molecule has 2 aliphatic rings. The zero-order chi connectivity index (χ0) is 51.6. The number of hydrogen-bond donors (Lipinski definition) is 2. The van der Waals surface area contributed by atoms with Gasteiger partial charge in [0.05, 0.1) is 37.1 Å². The molecule has 0 radical (unpaired) electrons. The Morgan fingerprint density at radius 2 is 1.17 bits per heavy atom. The smallest absolute Gasteiger partial charge is 0.183 e. The summed E-state index contributed by atoms with van der Waals surface area (Å²) in [6.07, 6.45) is 7.28. The van der Waals surface area contributed by atoms with E-state index in [-0.39, 0.29) is 21.3 Å². The first kappa shape index (κ1) is 53.8. The van der Waals surface area contributed by atoms with Crippen molar-refractivity contribution in [2.45, 2.75) is 86.7 Å². The van der Waals surface area contributed by atoms with Crippen molar-refractivity contribution in [3.63, 3.8) is 0 Å². The summed E-state index contributed by atoms with van der Waals surface area (Å²) in [5.41, 5.74) is 6.51. The van der Waals surface area contributed by atoms with E-state index in [0.717, 1.165) is 39.8 Å². The van der Waals surface area contributed by atoms with E-state index in [1.165, 1.54) is 36.8 Å². The zero-order valence-electron chi connectivity index (χ0n) is 40.2. The van der Waals surface area contributed by atoms with Gasteiger partial charge >= 0.3 is 0 Å². The third kappa shape index (κ3) is 12.8. The molecule has 2 N–H and O–H groups in total. The van der Waals surface area contributed by atoms with E-state index >= 15 is 0 Å². The number of pyridine rings is 2. The maximum Gasteiger partial charge on any atom is 0.183 e. The summed E-state index contributed by atoms with van der Waals surface area (Å²) in [6.45, 7) is 11.6. The largest absolute Gasteiger partial charge is 0.492 e. The van der Waals surface area contributed by atoms with Crippen molar-refractivity contribution in [2.75, 3.05) is 18.8 Å². The molecule has 2 atom stereocenters. The number of hydrogen-bond acceptors (Lipinski definition) is 12. The summed E-state index contributed by atoms with van der Waals surface area (Å²) < 4.78 is 94.8. The van der Waals surface area contributed by atoms with Crippen LogP contribution in [0.1, 0.15) is 64.7 Å². The van der Waals surface area contributed by atoms with Crippen LogP contribution in [0.25, 0.3) is 39.1 Å². The molecule has 0 saturated heterocycles. The van der Waals surface area contributed by atoms with Crippen LogP contribution in [0.15, 0.2) is 154 Å². The molecule has 70 heavy (non-hydrogen) atoms. The van der Waals surface area contributed by atoms with Crippen LogP contribution >= 0.6 is 11.6 Å². The third-order valence-corrected chi connectivity index (χ3v) is 15.1. The molecule has 0 saturated carbocycles. The summed E-state index contributed by atoms with van der Waals surface area (Å²) in [7, 11) is -9.74. The van der Waals surface area contributed by atoms with Crippen molar-refractivity contribution >= 4 is 57.8 Å². The molecule has 8 rings (SSSR count). The minimum absolute atomic E-state index is 0.0242. The zero-order valence-corrected chi connectivity index (χ0v) is 43.4. The van der Waals surface area contributed by atoms with Crippen molar-refractivity contribution < 1.29 is 49.3 Å². The van der Waals surface area contributed by atoms with Crippen molar-refractivity contribution in [2.24, 2.45) is 5.41 Å². The molecule has 17 heteroatoms. The van der Waals surface area contributed by atoms with Gasteiger partial charge in [0.1, 0.15) is 17.7 Å². The third-order valence-electron chi connectivity index (χ3n) is 11.5. The van der Waals surface area contributed by atoms with Crippen LogP contribution in [0.3, 0.4) is 0 Å². The van der Waals surface area contributed by atoms with Crippen LogP contribution in [-0.2, 0) is 39.0 Å². The van der Waals surface area contributed by atoms with E-state index in [9.17, 15) is 39.9 Å². The Balaban J connectivity index is 0.000000173. The van der Waals surface area contributed by atoms with Gasteiger partial charge in [-0.1, -0.05) is 74.0 Å². The summed E-state index contributed by atoms with van der Waals surface area (Å²) >= 11 is 6.08. The van der Waals surface area contributed by atoms with Gasteiger partial charge in [-0.05, 0) is 134 Å². The molecule has 4 aromatic carbocycles. The number of halogens is 2. The quantitative estimate of drug-likeness (QED) is 0.132. The second-order valence-corrected chi connectivity index (χ2v) is 25.0. The number of sulfone groups is 3. The molecule has 1 aliphatic heterocycles. The van der Waals surface area contributed by atoms with E-state index in [2.05, 4.69) is 23.8 Å². The Bertz CT molecular complexity index is 3270. The molecule has 0 spiro atoms. The van der Waals surface area contributed by atoms with E-state index in [0.29, 0.717) is 44.4 Å². The van der Waals surface area contributed by atoms with Crippen LogP contribution < -0.4 is 0 Å². The highest BCUT2D eigenvalue weighted by molar-refractivity contribution is 7.91. The lowest BCUT2D eigenvalue weighted by Gasteiger charge is -2.23. The van der Waals surface area contributed by atoms with Gasteiger partial charge in [0.15, 0.2) is 35.8 Å². The summed E-state index contributed by atoms with van der Waals surface area (Å²) in [6, 6.07) is 31.3. The van der Waals surface area contributed by atoms with Crippen LogP contribution in [0, 0.1) is 11.2 Å². The predicted octanol–water partition coefficient (Wildman–Crippen LogP) is 10.2. The molecule has 0 bridgehead atoms. The fourth-order valence-electron chi connectivity index (χ4n) is 8.40. The molecule has 370 valence electrons. The average molecular weight is 1030 g/mol. The van der Waals surface area contributed by atoms with Gasteiger partial charge in [-0.25, -0.2) is 29.6 Å². The van der Waals surface area contributed by atoms with Crippen LogP contribution in [0.4, 0.5) is 4.39 Å². The van der Waals surface area contributed by atoms with Gasteiger partial charge in [0.2, 0.25) is 0 Å². The maximum atomic E-state index is 13.6. The van der Waals surface area contributed by atoms with Gasteiger partial charge < -0.3 is 19.7 Å². The fraction of sp³-hybridized carbons (Fsp3) is 0.283. The lowest BCUT2D eigenvalue weighted by molar-refractivity contribution is -0.101. The van der Waals surface area contributed by atoms with Crippen LogP contribution in [-0.4, -0.2) is 88.3 Å². The van der Waals surface area contributed by atoms with Crippen molar-refractivity contribution in [1.29, 1.82) is 0 Å². The fourth-order valence-corrected chi connectivity index (χ4v) is 10.5. The predicted molar refractivity (Wildman–Crippen MR) is 272 cm³/mol. The molecule has 0 amide bonds. The van der Waals surface area contributed by atoms with E-state index < -0.39 is 53.3 Å². The lowest BCUT2D eigenvalue weighted by Crippen LogP contribution is -2.24. The number of allylic oxidation sites excluding steroid dienone is 1. The molecule has 1 aliphatic carbocycles. The summed E-state index contributed by atoms with van der Waals surface area (Å²) in [4.78, 5) is 9.30. The van der Waals surface area contributed by atoms with E-state index in [1.54, 1.807) is 91.4 Å². The molecule has 3 heterocycles. The number of aliphatic hydroxyl groups is 2. The standard InChI is InChI=1S/C19H19FO4S.C17H13ClN2O2S.C17H24O4S/c1-19(2)17(12-7-9-15(10-8-12)25(3,22)23)16(18(21)24-19)13-5-4-6-14(20)11-13;1-23(21,22)15-6-4-12(5-7-15)16-9-14(18)11-20-17(16)13-3-2-8-19-10-13;1-11(2)21-16-14(18)10-17(3,4)15(16)12-6-8-13(9-7-12)22(5,19)20/h4-11,18,21H,1-3H3;2-11H,1H3;6-9,11,14,18H,10H2,1-5H3. The molecule has 0 fully saturated rings. The summed E-state index contributed by atoms with van der Waals surface area (Å²) in [5, 5.41) is 21.2. The molecule has 12 nitrogen and oxygen atoms in total. The van der Waals surface area contributed by atoms with Gasteiger partial charge in [-0.15, -0.1) is 0 Å². The van der Waals surface area contributed by atoms with Crippen molar-refractivity contribution in [3.8, 4) is 22.4 Å². The number of aromatic nitrogens is 2. The Labute approximate surface area is 415 Å². The first-order valence-electron chi connectivity index (χ1n) is 22.0. The lowest BCUT2D eigenvalue weighted by atomic mass is 9.82. The molecule has 6 aromatic rings. The normalized spacial score (nSPS) is 17.7. The average Bonchev–Trinajstić information content (AvgIpc) is 3.66. The Morgan fingerprint density at radius 3 is 1.64 bits per heavy atom. The molecular formula is C53H56ClFN2O10S3. The Hall–Kier alpha value is -5.59. The monoisotopic (exact) mass is 1030 g/mol. The van der Waals surface area contributed by atoms with Gasteiger partial charge in [-0.2, -0.15) is 0 Å². The van der Waals surface area contributed by atoms with Crippen molar-refractivity contribution in [3.05, 3.63) is 167 Å². The van der Waals surface area contributed by atoms with E-state index in [4.69, 9.17) is 21.1 Å². The minimum Gasteiger partial charge on any atom is -0.492 e. The maximum absolute atomic E-state index is 13.6. The highest BCUT2D eigenvalue weighted by Gasteiger charge is 2.42. The van der Waals surface area contributed by atoms with E-state index in [1.807, 2.05) is 45.9 Å². The number of benzene rings is 4. The molecular weight excluding hydrogens is 975 g/mol. The molecule has 2 unspecified atom stereocenters. The number of ether oxygens (including phenoxy) is 2. The summed E-state index contributed by atoms with van der Waals surface area (Å²) in [5.74, 6) is 0.195. The van der Waals surface area contributed by atoms with Gasteiger partial charge in [0, 0.05) is 59.6 Å². The van der Waals surface area contributed by atoms with Crippen LogP contribution in [0.5, 0.6) is 0 Å². The topological polar surface area (TPSA) is 187 Å². The highest BCUT2D eigenvalue weighted by atomic mass is 35.5. The molecule has 2 aromatic heterocycles. The highest BCUT2D eigenvalue weighted by Crippen LogP contribution is 2.49. The SMILES string of the molecule is CC(C)OC1=C(c2ccc(S(C)(=O)=O)cc2)C(C)(C)CC1O.CC1(C)OC(O)C(c2cccc(F)c2)=C1c1ccc(S(C)(=O)=O)cc1.CS(=O)(=O)c1ccc(-c2cc(Cl)cnc2-c2cccnc2)cc1. The number of aliphatic hydroxyl groups excluding tert-OH is 2. The second-order valence-electron chi connectivity index (χ2n) is 18.5. The number of nitrogens with zero attached hydrogens (tertiary/aromatic N) is 2. The van der Waals surface area contributed by atoms with Crippen LogP contribution in [0.2, 0.25) is 5.02 Å². The second kappa shape index (κ2) is 21.0. The first-order chi connectivity index (χ1) is 32.6. The Kier molecular flexibility index (Phi) is 16.1. The van der Waals surface area contributed by atoms with Gasteiger partial charge in [-0.3, -0.25) is 9.97 Å². The first-order valence-corrected chi connectivity index (χ1v) is 28.1. The number of rotatable bonds is 10. The van der Waals surface area contributed by atoms with Gasteiger partial charge in [0.25, 0.3) is 0 Å². The van der Waals surface area contributed by atoms with Crippen molar-refractivity contribution in [1.82, 2.24) is 9.97 Å². The minimum atomic E-state index is -3.30. The Morgan fingerprint density at radius 1 is 0.671 bits per heavy atom.